The standard InChI is InChI=1S/C12H14N2O2S/c15-8-4-5-10-9(7-8)13-12(16)14(10)11-3-1-2-6-17-11/h4-5,7,11,15H,1-3,6H2,(H,13,16). The fourth-order valence-corrected chi connectivity index (χ4v) is 3.67. The molecule has 2 heterocycles. The van der Waals surface area contributed by atoms with Gasteiger partial charge in [-0.05, 0) is 37.1 Å². The zero-order valence-corrected chi connectivity index (χ0v) is 10.2. The smallest absolute Gasteiger partial charge is 0.327 e. The van der Waals surface area contributed by atoms with Gasteiger partial charge >= 0.3 is 5.69 Å². The molecule has 1 aliphatic rings. The average Bonchev–Trinajstić information content (AvgIpc) is 2.65. The number of fused-ring (bicyclic) bond motifs is 1. The number of H-pyrrole nitrogens is 1. The molecule has 90 valence electrons. The van der Waals surface area contributed by atoms with Gasteiger partial charge in [-0.1, -0.05) is 0 Å². The first-order valence-corrected chi connectivity index (χ1v) is 6.85. The maximum atomic E-state index is 12.0. The fourth-order valence-electron chi connectivity index (χ4n) is 2.33. The first-order valence-electron chi connectivity index (χ1n) is 5.80. The molecule has 1 aromatic carbocycles. The number of phenolic OH excluding ortho intramolecular Hbond substituents is 1. The Hall–Kier alpha value is -1.36. The van der Waals surface area contributed by atoms with E-state index in [0.717, 1.165) is 17.7 Å². The number of hydrogen-bond donors (Lipinski definition) is 2. The molecule has 1 saturated heterocycles. The van der Waals surface area contributed by atoms with Crippen LogP contribution in [0.5, 0.6) is 5.75 Å². The summed E-state index contributed by atoms with van der Waals surface area (Å²) in [5, 5.41) is 9.64. The van der Waals surface area contributed by atoms with Gasteiger partial charge in [0.2, 0.25) is 0 Å². The normalized spacial score (nSPS) is 20.8. The number of nitrogens with zero attached hydrogens (tertiary/aromatic N) is 1. The fraction of sp³-hybridized carbons (Fsp3) is 0.417. The van der Waals surface area contributed by atoms with E-state index in [-0.39, 0.29) is 16.8 Å². The molecule has 3 rings (SSSR count). The van der Waals surface area contributed by atoms with Gasteiger partial charge in [0, 0.05) is 6.07 Å². The molecule has 1 fully saturated rings. The van der Waals surface area contributed by atoms with Gasteiger partial charge in [0.1, 0.15) is 5.75 Å². The summed E-state index contributed by atoms with van der Waals surface area (Å²) < 4.78 is 1.82. The molecule has 1 aliphatic heterocycles. The van der Waals surface area contributed by atoms with Gasteiger partial charge in [-0.2, -0.15) is 0 Å². The van der Waals surface area contributed by atoms with Gasteiger partial charge in [-0.3, -0.25) is 4.57 Å². The summed E-state index contributed by atoms with van der Waals surface area (Å²) in [6.07, 6.45) is 3.45. The molecule has 4 nitrogen and oxygen atoms in total. The minimum Gasteiger partial charge on any atom is -0.508 e. The SMILES string of the molecule is O=c1[nH]c2cc(O)ccc2n1C1CCCCS1. The summed E-state index contributed by atoms with van der Waals surface area (Å²) in [4.78, 5) is 14.8. The van der Waals surface area contributed by atoms with Crippen LogP contribution in [0, 0.1) is 0 Å². The summed E-state index contributed by atoms with van der Waals surface area (Å²) >= 11 is 1.83. The monoisotopic (exact) mass is 250 g/mol. The Kier molecular flexibility index (Phi) is 2.63. The van der Waals surface area contributed by atoms with Crippen molar-refractivity contribution in [1.29, 1.82) is 0 Å². The summed E-state index contributed by atoms with van der Waals surface area (Å²) in [5.74, 6) is 1.30. The lowest BCUT2D eigenvalue weighted by molar-refractivity contribution is 0.476. The molecule has 1 atom stereocenters. The Morgan fingerprint density at radius 3 is 3.06 bits per heavy atom. The quantitative estimate of drug-likeness (QED) is 0.817. The van der Waals surface area contributed by atoms with Crippen molar-refractivity contribution >= 4 is 22.8 Å². The van der Waals surface area contributed by atoms with Crippen molar-refractivity contribution in [2.75, 3.05) is 5.75 Å². The first-order chi connectivity index (χ1) is 8.25. The zero-order valence-electron chi connectivity index (χ0n) is 9.35. The van der Waals surface area contributed by atoms with Crippen LogP contribution in [0.1, 0.15) is 24.6 Å². The van der Waals surface area contributed by atoms with Crippen molar-refractivity contribution in [2.24, 2.45) is 0 Å². The Morgan fingerprint density at radius 1 is 1.41 bits per heavy atom. The van der Waals surface area contributed by atoms with Crippen LogP contribution in [0.15, 0.2) is 23.0 Å². The lowest BCUT2D eigenvalue weighted by Gasteiger charge is -2.22. The van der Waals surface area contributed by atoms with Gasteiger partial charge in [0.25, 0.3) is 0 Å². The molecule has 0 amide bonds. The van der Waals surface area contributed by atoms with Crippen LogP contribution in [0.4, 0.5) is 0 Å². The molecule has 1 unspecified atom stereocenters. The number of imidazole rings is 1. The van der Waals surface area contributed by atoms with E-state index in [1.54, 1.807) is 18.2 Å². The van der Waals surface area contributed by atoms with Crippen molar-refractivity contribution in [1.82, 2.24) is 9.55 Å². The van der Waals surface area contributed by atoms with Crippen molar-refractivity contribution in [2.45, 2.75) is 24.6 Å². The first kappa shape index (κ1) is 10.8. The van der Waals surface area contributed by atoms with Crippen LogP contribution < -0.4 is 5.69 Å². The molecule has 5 heteroatoms. The predicted octanol–water partition coefficient (Wildman–Crippen LogP) is 2.45. The highest BCUT2D eigenvalue weighted by Crippen LogP contribution is 2.35. The minimum absolute atomic E-state index is 0.0787. The number of aromatic hydroxyl groups is 1. The minimum atomic E-state index is -0.0787. The highest BCUT2D eigenvalue weighted by molar-refractivity contribution is 7.99. The molecule has 0 bridgehead atoms. The number of phenols is 1. The lowest BCUT2D eigenvalue weighted by atomic mass is 10.2. The molecular formula is C12H14N2O2S. The third-order valence-electron chi connectivity index (χ3n) is 3.14. The van der Waals surface area contributed by atoms with Gasteiger partial charge < -0.3 is 10.1 Å². The molecule has 1 aromatic heterocycles. The summed E-state index contributed by atoms with van der Waals surface area (Å²) in [6, 6.07) is 5.03. The van der Waals surface area contributed by atoms with Crippen LogP contribution in [0.25, 0.3) is 11.0 Å². The molecular weight excluding hydrogens is 236 g/mol. The van der Waals surface area contributed by atoms with Crippen molar-refractivity contribution < 1.29 is 5.11 Å². The maximum Gasteiger partial charge on any atom is 0.327 e. The number of hydrogen-bond acceptors (Lipinski definition) is 3. The largest absolute Gasteiger partial charge is 0.508 e. The van der Waals surface area contributed by atoms with Crippen molar-refractivity contribution in [3.8, 4) is 5.75 Å². The summed E-state index contributed by atoms with van der Waals surface area (Å²) in [6.45, 7) is 0. The number of benzene rings is 1. The van der Waals surface area contributed by atoms with Crippen LogP contribution >= 0.6 is 11.8 Å². The Labute approximate surface area is 103 Å². The number of aromatic nitrogens is 2. The van der Waals surface area contributed by atoms with Crippen LogP contribution in [-0.2, 0) is 0 Å². The van der Waals surface area contributed by atoms with Gasteiger partial charge in [0.15, 0.2) is 0 Å². The molecule has 0 saturated carbocycles. The second-order valence-corrected chi connectivity index (χ2v) is 5.61. The van der Waals surface area contributed by atoms with E-state index in [1.807, 2.05) is 16.3 Å². The van der Waals surface area contributed by atoms with E-state index >= 15 is 0 Å². The molecule has 2 N–H and O–H groups in total. The predicted molar refractivity (Wildman–Crippen MR) is 69.6 cm³/mol. The molecule has 0 radical (unpaired) electrons. The van der Waals surface area contributed by atoms with Gasteiger partial charge in [0.05, 0.1) is 16.4 Å². The van der Waals surface area contributed by atoms with E-state index in [9.17, 15) is 9.90 Å². The van der Waals surface area contributed by atoms with Crippen molar-refractivity contribution in [3.05, 3.63) is 28.7 Å². The van der Waals surface area contributed by atoms with Crippen molar-refractivity contribution in [3.63, 3.8) is 0 Å². The topological polar surface area (TPSA) is 58.0 Å². The third-order valence-corrected chi connectivity index (χ3v) is 4.50. The molecule has 0 aliphatic carbocycles. The van der Waals surface area contributed by atoms with Crippen LogP contribution in [0.3, 0.4) is 0 Å². The van der Waals surface area contributed by atoms with Gasteiger partial charge in [-0.25, -0.2) is 4.79 Å². The third kappa shape index (κ3) is 1.84. The maximum absolute atomic E-state index is 12.0. The Morgan fingerprint density at radius 2 is 2.29 bits per heavy atom. The van der Waals surface area contributed by atoms with Crippen LogP contribution in [-0.4, -0.2) is 20.4 Å². The molecule has 2 aromatic rings. The highest BCUT2D eigenvalue weighted by atomic mass is 32.2. The number of nitrogens with one attached hydrogen (secondary N) is 1. The number of rotatable bonds is 1. The van der Waals surface area contributed by atoms with E-state index in [4.69, 9.17) is 0 Å². The summed E-state index contributed by atoms with van der Waals surface area (Å²) in [5.41, 5.74) is 1.51. The Balaban J connectivity index is 2.14. The van der Waals surface area contributed by atoms with E-state index in [2.05, 4.69) is 4.98 Å². The van der Waals surface area contributed by atoms with E-state index in [0.29, 0.717) is 5.52 Å². The lowest BCUT2D eigenvalue weighted by Crippen LogP contribution is -2.22. The highest BCUT2D eigenvalue weighted by Gasteiger charge is 2.20. The number of thioether (sulfide) groups is 1. The van der Waals surface area contributed by atoms with E-state index in [1.165, 1.54) is 12.8 Å². The van der Waals surface area contributed by atoms with Gasteiger partial charge in [-0.15, -0.1) is 11.8 Å². The molecule has 17 heavy (non-hydrogen) atoms. The van der Waals surface area contributed by atoms with Crippen LogP contribution in [0.2, 0.25) is 0 Å². The second-order valence-electron chi connectivity index (χ2n) is 4.32. The zero-order chi connectivity index (χ0) is 11.8. The average molecular weight is 250 g/mol. The number of aromatic amines is 1. The Bertz CT molecular complexity index is 596. The van der Waals surface area contributed by atoms with E-state index < -0.39 is 0 Å². The second kappa shape index (κ2) is 4.14. The summed E-state index contributed by atoms with van der Waals surface area (Å²) in [7, 11) is 0. The molecule has 0 spiro atoms.